The molecule has 0 atom stereocenters. The van der Waals surface area contributed by atoms with E-state index >= 15 is 0 Å². The molecule has 0 spiro atoms. The Morgan fingerprint density at radius 3 is 2.56 bits per heavy atom. The fraction of sp³-hybridized carbons (Fsp3) is 0.182. The molecule has 1 fully saturated rings. The van der Waals surface area contributed by atoms with E-state index in [1.54, 1.807) is 36.3 Å². The monoisotopic (exact) mass is 486 g/mol. The number of pyridine rings is 1. The molecule has 3 aromatic heterocycles. The largest absolute Gasteiger partial charge is 0.464 e. The number of carboxylic acid groups (broad SMARTS) is 1. The molecule has 0 saturated carbocycles. The van der Waals surface area contributed by atoms with Crippen LogP contribution in [0.5, 0.6) is 0 Å². The van der Waals surface area contributed by atoms with Crippen molar-refractivity contribution in [2.45, 2.75) is 5.92 Å². The Kier molecular flexibility index (Phi) is 5.01. The molecule has 2 N–H and O–H groups in total. The van der Waals surface area contributed by atoms with Crippen molar-refractivity contribution in [2.75, 3.05) is 18.4 Å². The van der Waals surface area contributed by atoms with Gasteiger partial charge in [0.15, 0.2) is 0 Å². The van der Waals surface area contributed by atoms with Crippen molar-refractivity contribution in [3.05, 3.63) is 59.5 Å². The minimum Gasteiger partial charge on any atom is -0.464 e. The average Bonchev–Trinajstić information content (AvgIpc) is 3.36. The SMILES string of the molecule is Cn1cc(-c2cc3cnc(Nc4ccc(C(=O)N5CC(F)(F)C5)cc4Cl)cc3n2C(=O)O)cn1. The molecule has 1 amide bonds. The van der Waals surface area contributed by atoms with Gasteiger partial charge in [-0.05, 0) is 24.3 Å². The Morgan fingerprint density at radius 1 is 1.18 bits per heavy atom. The summed E-state index contributed by atoms with van der Waals surface area (Å²) in [7, 11) is 1.74. The minimum absolute atomic E-state index is 0.185. The van der Waals surface area contributed by atoms with Crippen LogP contribution in [0, 0.1) is 0 Å². The highest BCUT2D eigenvalue weighted by atomic mass is 35.5. The highest BCUT2D eigenvalue weighted by Crippen LogP contribution is 2.32. The molecule has 0 radical (unpaired) electrons. The van der Waals surface area contributed by atoms with Crippen LogP contribution in [0.1, 0.15) is 10.4 Å². The Labute approximate surface area is 196 Å². The second-order valence-electron chi connectivity index (χ2n) is 8.02. The van der Waals surface area contributed by atoms with E-state index < -0.39 is 31.0 Å². The van der Waals surface area contributed by atoms with Crippen molar-refractivity contribution >= 4 is 46.0 Å². The van der Waals surface area contributed by atoms with E-state index in [0.29, 0.717) is 33.7 Å². The zero-order valence-corrected chi connectivity index (χ0v) is 18.4. The lowest BCUT2D eigenvalue weighted by atomic mass is 10.1. The van der Waals surface area contributed by atoms with E-state index in [1.165, 1.54) is 24.4 Å². The topological polar surface area (TPSA) is 105 Å². The number of nitrogens with zero attached hydrogens (tertiary/aromatic N) is 5. The van der Waals surface area contributed by atoms with E-state index in [0.717, 1.165) is 9.47 Å². The van der Waals surface area contributed by atoms with Gasteiger partial charge in [0.1, 0.15) is 5.82 Å². The second-order valence-corrected chi connectivity index (χ2v) is 8.42. The number of hydrogen-bond donors (Lipinski definition) is 2. The highest BCUT2D eigenvalue weighted by Gasteiger charge is 2.46. The van der Waals surface area contributed by atoms with Crippen LogP contribution in [0.25, 0.3) is 22.2 Å². The van der Waals surface area contributed by atoms with Gasteiger partial charge in [0, 0.05) is 42.0 Å². The molecular formula is C22H17ClF2N6O3. The summed E-state index contributed by atoms with van der Waals surface area (Å²) >= 11 is 6.31. The molecule has 1 aliphatic heterocycles. The zero-order chi connectivity index (χ0) is 24.2. The van der Waals surface area contributed by atoms with Crippen LogP contribution in [-0.2, 0) is 7.05 Å². The van der Waals surface area contributed by atoms with Crippen molar-refractivity contribution in [1.29, 1.82) is 0 Å². The molecule has 174 valence electrons. The van der Waals surface area contributed by atoms with E-state index in [-0.39, 0.29) is 10.6 Å². The van der Waals surface area contributed by atoms with Crippen LogP contribution < -0.4 is 5.32 Å². The van der Waals surface area contributed by atoms with Crippen LogP contribution in [0.2, 0.25) is 5.02 Å². The van der Waals surface area contributed by atoms with Crippen molar-refractivity contribution in [2.24, 2.45) is 7.05 Å². The lowest BCUT2D eigenvalue weighted by molar-refractivity contribution is -0.113. The number of carbonyl (C=O) groups excluding carboxylic acids is 1. The number of rotatable bonds is 4. The highest BCUT2D eigenvalue weighted by molar-refractivity contribution is 6.33. The molecular weight excluding hydrogens is 470 g/mol. The number of hydrogen-bond acceptors (Lipinski definition) is 5. The van der Waals surface area contributed by atoms with Gasteiger partial charge in [-0.15, -0.1) is 0 Å². The number of aromatic nitrogens is 4. The molecule has 0 bridgehead atoms. The molecule has 9 nitrogen and oxygen atoms in total. The lowest BCUT2D eigenvalue weighted by Gasteiger charge is -2.38. The second kappa shape index (κ2) is 7.80. The summed E-state index contributed by atoms with van der Waals surface area (Å²) in [6, 6.07) is 7.69. The zero-order valence-electron chi connectivity index (χ0n) is 17.7. The first-order valence-electron chi connectivity index (χ1n) is 10.1. The number of alkyl halides is 2. The third kappa shape index (κ3) is 3.83. The summed E-state index contributed by atoms with van der Waals surface area (Å²) in [5.41, 5.74) is 2.10. The maximum Gasteiger partial charge on any atom is 0.416 e. The molecule has 4 aromatic rings. The summed E-state index contributed by atoms with van der Waals surface area (Å²) in [5.74, 6) is -3.05. The van der Waals surface area contributed by atoms with Crippen molar-refractivity contribution in [3.63, 3.8) is 0 Å². The number of benzene rings is 1. The van der Waals surface area contributed by atoms with Crippen molar-refractivity contribution < 1.29 is 23.5 Å². The molecule has 1 saturated heterocycles. The molecule has 12 heteroatoms. The predicted octanol–water partition coefficient (Wildman–Crippen LogP) is 4.45. The average molecular weight is 487 g/mol. The van der Waals surface area contributed by atoms with Gasteiger partial charge in [-0.25, -0.2) is 23.1 Å². The van der Waals surface area contributed by atoms with Crippen LogP contribution in [0.15, 0.2) is 48.9 Å². The van der Waals surface area contributed by atoms with E-state index in [2.05, 4.69) is 15.4 Å². The number of halogens is 3. The number of amides is 1. The predicted molar refractivity (Wildman–Crippen MR) is 121 cm³/mol. The number of carbonyl (C=O) groups is 2. The summed E-state index contributed by atoms with van der Waals surface area (Å²) in [5, 5.41) is 17.7. The Balaban J connectivity index is 1.43. The number of nitrogens with one attached hydrogen (secondary N) is 1. The molecule has 34 heavy (non-hydrogen) atoms. The summed E-state index contributed by atoms with van der Waals surface area (Å²) in [6.45, 7) is -1.23. The van der Waals surface area contributed by atoms with Gasteiger partial charge < -0.3 is 15.3 Å². The molecule has 4 heterocycles. The number of anilines is 2. The van der Waals surface area contributed by atoms with Crippen LogP contribution in [0.3, 0.4) is 0 Å². The molecule has 0 unspecified atom stereocenters. The van der Waals surface area contributed by atoms with Crippen LogP contribution in [0.4, 0.5) is 25.1 Å². The summed E-state index contributed by atoms with van der Waals surface area (Å²) < 4.78 is 28.8. The first-order chi connectivity index (χ1) is 16.1. The third-order valence-corrected chi connectivity index (χ3v) is 5.80. The van der Waals surface area contributed by atoms with Crippen LogP contribution in [-0.4, -0.2) is 60.4 Å². The summed E-state index contributed by atoms with van der Waals surface area (Å²) in [6.07, 6.45) is 3.66. The first-order valence-corrected chi connectivity index (χ1v) is 10.5. The van der Waals surface area contributed by atoms with E-state index in [4.69, 9.17) is 11.6 Å². The van der Waals surface area contributed by atoms with Gasteiger partial charge in [0.2, 0.25) is 0 Å². The quantitative estimate of drug-likeness (QED) is 0.441. The van der Waals surface area contributed by atoms with Gasteiger partial charge in [0.05, 0.1) is 41.2 Å². The third-order valence-electron chi connectivity index (χ3n) is 5.49. The Bertz CT molecular complexity index is 1460. The number of likely N-dealkylation sites (tertiary alicyclic amines) is 1. The minimum atomic E-state index is -2.85. The molecule has 0 aliphatic carbocycles. The van der Waals surface area contributed by atoms with Gasteiger partial charge in [0.25, 0.3) is 11.8 Å². The Morgan fingerprint density at radius 2 is 1.94 bits per heavy atom. The summed E-state index contributed by atoms with van der Waals surface area (Å²) in [4.78, 5) is 29.7. The molecule has 5 rings (SSSR count). The molecule has 1 aliphatic rings. The van der Waals surface area contributed by atoms with E-state index in [9.17, 15) is 23.5 Å². The van der Waals surface area contributed by atoms with Crippen molar-refractivity contribution in [1.82, 2.24) is 24.2 Å². The van der Waals surface area contributed by atoms with Gasteiger partial charge in [-0.1, -0.05) is 11.6 Å². The Hall–Kier alpha value is -3.99. The fourth-order valence-corrected chi connectivity index (χ4v) is 4.10. The molecule has 1 aromatic carbocycles. The lowest BCUT2D eigenvalue weighted by Crippen LogP contribution is -2.58. The van der Waals surface area contributed by atoms with Crippen molar-refractivity contribution in [3.8, 4) is 11.3 Å². The fourth-order valence-electron chi connectivity index (χ4n) is 3.87. The standard InChI is InChI=1S/C22H17ClF2N6O3/c1-29-9-14(8-27-29)17-5-13-7-26-19(6-18(13)31(17)21(33)34)28-16-3-2-12(4-15(16)23)20(32)30-10-22(24,25)11-30/h2-9H,10-11H2,1H3,(H,26,28)(H,33,34). The first kappa shape index (κ1) is 21.8. The smallest absolute Gasteiger partial charge is 0.416 e. The normalized spacial score (nSPS) is 14.8. The van der Waals surface area contributed by atoms with Gasteiger partial charge >= 0.3 is 6.09 Å². The number of fused-ring (bicyclic) bond motifs is 1. The maximum atomic E-state index is 13.1. The number of aryl methyl sites for hydroxylation is 1. The van der Waals surface area contributed by atoms with Crippen LogP contribution >= 0.6 is 11.6 Å². The van der Waals surface area contributed by atoms with Gasteiger partial charge in [-0.3, -0.25) is 9.48 Å². The maximum absolute atomic E-state index is 13.1. The van der Waals surface area contributed by atoms with Gasteiger partial charge in [-0.2, -0.15) is 5.10 Å². The van der Waals surface area contributed by atoms with E-state index in [1.807, 2.05) is 0 Å².